The van der Waals surface area contributed by atoms with Crippen LogP contribution in [0.25, 0.3) is 0 Å². The quantitative estimate of drug-likeness (QED) is 0.889. The Kier molecular flexibility index (Phi) is 4.90. The first-order valence-electron chi connectivity index (χ1n) is 7.77. The lowest BCUT2D eigenvalue weighted by Crippen LogP contribution is -2.47. The summed E-state index contributed by atoms with van der Waals surface area (Å²) in [5.74, 6) is 0.661. The van der Waals surface area contributed by atoms with E-state index in [2.05, 4.69) is 26.5 Å². The Hall–Kier alpha value is -1.66. The number of nitrogens with zero attached hydrogens (tertiary/aromatic N) is 2. The first-order valence-corrected chi connectivity index (χ1v) is 8.65. The highest BCUT2D eigenvalue weighted by atomic mass is 32.1. The number of aromatic nitrogens is 2. The molecule has 3 rings (SSSR count). The van der Waals surface area contributed by atoms with Gasteiger partial charge in [0.2, 0.25) is 5.91 Å². The van der Waals surface area contributed by atoms with Gasteiger partial charge in [-0.05, 0) is 50.4 Å². The van der Waals surface area contributed by atoms with Gasteiger partial charge in [-0.3, -0.25) is 14.8 Å². The van der Waals surface area contributed by atoms with E-state index >= 15 is 0 Å². The number of hydrogen-bond donors (Lipinski definition) is 2. The van der Waals surface area contributed by atoms with Gasteiger partial charge in [-0.1, -0.05) is 6.07 Å². The molecule has 118 valence electrons. The van der Waals surface area contributed by atoms with Gasteiger partial charge in [0.05, 0.1) is 12.6 Å². The molecule has 1 aliphatic heterocycles. The van der Waals surface area contributed by atoms with Crippen LogP contribution in [-0.4, -0.2) is 40.1 Å². The summed E-state index contributed by atoms with van der Waals surface area (Å²) in [5.41, 5.74) is 1.22. The number of carbonyl (C=O) groups excluding carboxylic acids is 1. The third-order valence-corrected chi connectivity index (χ3v) is 5.31. The number of carbonyl (C=O) groups is 1. The van der Waals surface area contributed by atoms with E-state index in [1.54, 1.807) is 11.3 Å². The average Bonchev–Trinajstić information content (AvgIpc) is 3.25. The molecule has 6 heteroatoms. The van der Waals surface area contributed by atoms with Crippen LogP contribution in [0.15, 0.2) is 29.8 Å². The maximum Gasteiger partial charge on any atom is 0.237 e. The molecule has 5 nitrogen and oxygen atoms in total. The zero-order valence-corrected chi connectivity index (χ0v) is 13.6. The van der Waals surface area contributed by atoms with E-state index < -0.39 is 0 Å². The number of thiophene rings is 1. The Morgan fingerprint density at radius 3 is 2.95 bits per heavy atom. The third kappa shape index (κ3) is 3.56. The van der Waals surface area contributed by atoms with Crippen LogP contribution < -0.4 is 5.32 Å². The fraction of sp³-hybridized carbons (Fsp3) is 0.500. The largest absolute Gasteiger partial charge is 0.350 e. The van der Waals surface area contributed by atoms with Crippen LogP contribution in [0.4, 0.5) is 0 Å². The predicted octanol–water partition coefficient (Wildman–Crippen LogP) is 2.36. The topological polar surface area (TPSA) is 61.0 Å². The van der Waals surface area contributed by atoms with E-state index in [0.29, 0.717) is 12.5 Å². The molecule has 0 unspecified atom stereocenters. The van der Waals surface area contributed by atoms with Crippen LogP contribution in [0.2, 0.25) is 0 Å². The number of hydrogen-bond acceptors (Lipinski definition) is 4. The average molecular weight is 318 g/mol. The van der Waals surface area contributed by atoms with Gasteiger partial charge in [-0.25, -0.2) is 0 Å². The van der Waals surface area contributed by atoms with Crippen LogP contribution in [0.3, 0.4) is 0 Å². The lowest BCUT2D eigenvalue weighted by molar-refractivity contribution is -0.126. The SMILES string of the molecule is C[C@@H](C(=O)NCc1cccs1)N1CCC(c2ccn[nH]2)CC1. The molecule has 0 bridgehead atoms. The molecule has 1 aliphatic rings. The molecule has 22 heavy (non-hydrogen) atoms. The lowest BCUT2D eigenvalue weighted by atomic mass is 9.93. The van der Waals surface area contributed by atoms with E-state index in [0.717, 1.165) is 25.9 Å². The molecule has 0 saturated carbocycles. The van der Waals surface area contributed by atoms with Gasteiger partial charge >= 0.3 is 0 Å². The Morgan fingerprint density at radius 1 is 1.50 bits per heavy atom. The van der Waals surface area contributed by atoms with Crippen molar-refractivity contribution < 1.29 is 4.79 Å². The van der Waals surface area contributed by atoms with Gasteiger partial charge in [-0.15, -0.1) is 11.3 Å². The zero-order chi connectivity index (χ0) is 15.4. The second-order valence-electron chi connectivity index (χ2n) is 5.80. The summed E-state index contributed by atoms with van der Waals surface area (Å²) in [6.07, 6.45) is 3.96. The lowest BCUT2D eigenvalue weighted by Gasteiger charge is -2.34. The molecule has 1 amide bonds. The van der Waals surface area contributed by atoms with Crippen molar-refractivity contribution in [1.29, 1.82) is 0 Å². The summed E-state index contributed by atoms with van der Waals surface area (Å²) < 4.78 is 0. The Balaban J connectivity index is 1.46. The molecule has 1 fully saturated rings. The van der Waals surface area contributed by atoms with Gasteiger partial charge < -0.3 is 5.32 Å². The van der Waals surface area contributed by atoms with E-state index in [-0.39, 0.29) is 11.9 Å². The molecule has 2 aromatic rings. The number of rotatable bonds is 5. The summed E-state index contributed by atoms with van der Waals surface area (Å²) in [6, 6.07) is 6.04. The zero-order valence-electron chi connectivity index (χ0n) is 12.8. The minimum atomic E-state index is -0.0670. The van der Waals surface area contributed by atoms with E-state index in [1.165, 1.54) is 10.6 Å². The van der Waals surface area contributed by atoms with Crippen molar-refractivity contribution in [3.05, 3.63) is 40.3 Å². The minimum Gasteiger partial charge on any atom is -0.350 e. The van der Waals surface area contributed by atoms with Crippen molar-refractivity contribution in [3.8, 4) is 0 Å². The summed E-state index contributed by atoms with van der Waals surface area (Å²) in [7, 11) is 0. The van der Waals surface area contributed by atoms with Gasteiger partial charge in [0.15, 0.2) is 0 Å². The summed E-state index contributed by atoms with van der Waals surface area (Å²) in [4.78, 5) is 15.8. The van der Waals surface area contributed by atoms with Gasteiger partial charge in [-0.2, -0.15) is 5.10 Å². The van der Waals surface area contributed by atoms with Crippen molar-refractivity contribution >= 4 is 17.2 Å². The summed E-state index contributed by atoms with van der Waals surface area (Å²) >= 11 is 1.67. The van der Waals surface area contributed by atoms with Crippen LogP contribution in [0, 0.1) is 0 Å². The molecule has 2 N–H and O–H groups in total. The Labute approximate surface area is 134 Å². The van der Waals surface area contributed by atoms with Crippen LogP contribution in [0.1, 0.15) is 36.3 Å². The van der Waals surface area contributed by atoms with Gasteiger partial charge in [0.1, 0.15) is 0 Å². The van der Waals surface area contributed by atoms with Crippen LogP contribution >= 0.6 is 11.3 Å². The van der Waals surface area contributed by atoms with Crippen molar-refractivity contribution in [2.75, 3.05) is 13.1 Å². The molecule has 0 aromatic carbocycles. The second-order valence-corrected chi connectivity index (χ2v) is 6.83. The molecule has 0 aliphatic carbocycles. The van der Waals surface area contributed by atoms with Crippen molar-refractivity contribution in [2.45, 2.75) is 38.3 Å². The number of H-pyrrole nitrogens is 1. The van der Waals surface area contributed by atoms with E-state index in [4.69, 9.17) is 0 Å². The second kappa shape index (κ2) is 7.07. The smallest absolute Gasteiger partial charge is 0.237 e. The maximum absolute atomic E-state index is 12.3. The maximum atomic E-state index is 12.3. The standard InChI is InChI=1S/C16H22N4OS/c1-12(16(21)17-11-14-3-2-10-22-14)20-8-5-13(6-9-20)15-4-7-18-19-15/h2-4,7,10,12-13H,5-6,8-9,11H2,1H3,(H,17,21)(H,18,19)/t12-/m0/s1. The normalized spacial score (nSPS) is 18.2. The number of nitrogens with one attached hydrogen (secondary N) is 2. The molecule has 2 aromatic heterocycles. The highest BCUT2D eigenvalue weighted by Crippen LogP contribution is 2.27. The Bertz CT molecular complexity index is 573. The summed E-state index contributed by atoms with van der Waals surface area (Å²) in [6.45, 7) is 4.54. The molecule has 1 saturated heterocycles. The number of amides is 1. The first kappa shape index (κ1) is 15.2. The fourth-order valence-electron chi connectivity index (χ4n) is 2.99. The van der Waals surface area contributed by atoms with E-state index in [9.17, 15) is 4.79 Å². The molecular weight excluding hydrogens is 296 g/mol. The molecule has 0 spiro atoms. The molecule has 3 heterocycles. The number of piperidine rings is 1. The van der Waals surface area contributed by atoms with Gasteiger partial charge in [0, 0.05) is 22.7 Å². The van der Waals surface area contributed by atoms with E-state index in [1.807, 2.05) is 30.6 Å². The summed E-state index contributed by atoms with van der Waals surface area (Å²) in [5, 5.41) is 12.2. The van der Waals surface area contributed by atoms with Crippen molar-refractivity contribution in [1.82, 2.24) is 20.4 Å². The Morgan fingerprint density at radius 2 is 2.32 bits per heavy atom. The number of likely N-dealkylation sites (tertiary alicyclic amines) is 1. The minimum absolute atomic E-state index is 0.0670. The van der Waals surface area contributed by atoms with Crippen LogP contribution in [-0.2, 0) is 11.3 Å². The first-order chi connectivity index (χ1) is 10.7. The fourth-order valence-corrected chi connectivity index (χ4v) is 3.64. The molecule has 1 atom stereocenters. The molecular formula is C16H22N4OS. The van der Waals surface area contributed by atoms with Crippen LogP contribution in [0.5, 0.6) is 0 Å². The number of aromatic amines is 1. The highest BCUT2D eigenvalue weighted by molar-refractivity contribution is 7.09. The highest BCUT2D eigenvalue weighted by Gasteiger charge is 2.27. The van der Waals surface area contributed by atoms with Crippen molar-refractivity contribution in [3.63, 3.8) is 0 Å². The van der Waals surface area contributed by atoms with Gasteiger partial charge in [0.25, 0.3) is 0 Å². The predicted molar refractivity (Wildman–Crippen MR) is 87.8 cm³/mol. The third-order valence-electron chi connectivity index (χ3n) is 4.44. The van der Waals surface area contributed by atoms with Crippen molar-refractivity contribution in [2.24, 2.45) is 0 Å². The molecule has 0 radical (unpaired) electrons. The monoisotopic (exact) mass is 318 g/mol.